The zero-order valence-corrected chi connectivity index (χ0v) is 22.9. The molecule has 1 saturated carbocycles. The van der Waals surface area contributed by atoms with Gasteiger partial charge in [0.05, 0.1) is 36.4 Å². The largest absolute Gasteiger partial charge is 0.463 e. The lowest BCUT2D eigenvalue weighted by Crippen LogP contribution is -2.68. The van der Waals surface area contributed by atoms with E-state index >= 15 is 0 Å². The molecule has 3 N–H and O–H groups in total. The number of hydrogen-bond donors (Lipinski definition) is 3. The first-order valence-corrected chi connectivity index (χ1v) is 13.8. The average molecular weight is 549 g/mol. The molecule has 3 fully saturated rings. The van der Waals surface area contributed by atoms with Crippen molar-refractivity contribution in [1.29, 1.82) is 0 Å². The number of epoxide rings is 1. The second kappa shape index (κ2) is 10.4. The van der Waals surface area contributed by atoms with Crippen molar-refractivity contribution in [3.8, 4) is 0 Å². The van der Waals surface area contributed by atoms with Crippen molar-refractivity contribution < 1.29 is 48.6 Å². The van der Waals surface area contributed by atoms with Gasteiger partial charge in [-0.2, -0.15) is 0 Å². The first kappa shape index (κ1) is 28.4. The van der Waals surface area contributed by atoms with Gasteiger partial charge in [-0.15, -0.1) is 0 Å². The van der Waals surface area contributed by atoms with Crippen molar-refractivity contribution in [2.45, 2.75) is 95.3 Å². The molecular formula is C29H40O10. The zero-order chi connectivity index (χ0) is 28.2. The number of aliphatic hydroxyl groups is 3. The van der Waals surface area contributed by atoms with Gasteiger partial charge in [0, 0.05) is 24.5 Å². The van der Waals surface area contributed by atoms with Gasteiger partial charge in [-0.05, 0) is 38.2 Å². The molecule has 10 heteroatoms. The van der Waals surface area contributed by atoms with Crippen LogP contribution in [0, 0.1) is 16.7 Å². The lowest BCUT2D eigenvalue weighted by molar-refractivity contribution is -0.240. The molecule has 2 bridgehead atoms. The summed E-state index contributed by atoms with van der Waals surface area (Å²) in [5, 5.41) is 31.8. The third-order valence-corrected chi connectivity index (χ3v) is 9.83. The molecule has 2 aliphatic carbocycles. The van der Waals surface area contributed by atoms with Gasteiger partial charge >= 0.3 is 11.9 Å². The summed E-state index contributed by atoms with van der Waals surface area (Å²) in [5.74, 6) is -1.81. The van der Waals surface area contributed by atoms with Crippen molar-refractivity contribution >= 4 is 11.9 Å². The third-order valence-electron chi connectivity index (χ3n) is 9.83. The van der Waals surface area contributed by atoms with Crippen LogP contribution < -0.4 is 0 Å². The second-order valence-corrected chi connectivity index (χ2v) is 12.0. The quantitative estimate of drug-likeness (QED) is 0.250. The molecule has 3 aliphatic heterocycles. The van der Waals surface area contributed by atoms with Gasteiger partial charge < -0.3 is 39.0 Å². The van der Waals surface area contributed by atoms with Crippen molar-refractivity contribution in [3.05, 3.63) is 36.0 Å². The average Bonchev–Trinajstić information content (AvgIpc) is 3.67. The molecule has 0 radical (unpaired) electrons. The number of ether oxygens (including phenoxy) is 5. The van der Waals surface area contributed by atoms with E-state index in [4.69, 9.17) is 23.7 Å². The van der Waals surface area contributed by atoms with Crippen molar-refractivity contribution in [2.24, 2.45) is 16.7 Å². The zero-order valence-electron chi connectivity index (χ0n) is 22.9. The molecule has 2 spiro atoms. The lowest BCUT2D eigenvalue weighted by atomic mass is 9.51. The van der Waals surface area contributed by atoms with Crippen LogP contribution in [0.2, 0.25) is 0 Å². The highest BCUT2D eigenvalue weighted by molar-refractivity contribution is 5.82. The number of carbonyl (C=O) groups excluding carboxylic acids is 2. The van der Waals surface area contributed by atoms with Crippen LogP contribution in [0.1, 0.15) is 47.0 Å². The van der Waals surface area contributed by atoms with E-state index < -0.39 is 70.9 Å². The smallest absolute Gasteiger partial charge is 0.335 e. The summed E-state index contributed by atoms with van der Waals surface area (Å²) in [4.78, 5) is 26.1. The maximum absolute atomic E-state index is 13.1. The monoisotopic (exact) mass is 548 g/mol. The normalized spacial score (nSPS) is 49.0. The molecule has 0 aromatic heterocycles. The highest BCUT2D eigenvalue weighted by Gasteiger charge is 2.83. The highest BCUT2D eigenvalue weighted by atomic mass is 16.6. The minimum absolute atomic E-state index is 0.150. The molecule has 216 valence electrons. The van der Waals surface area contributed by atoms with Crippen LogP contribution >= 0.6 is 0 Å². The molecule has 2 saturated heterocycles. The molecular weight excluding hydrogens is 508 g/mol. The molecule has 39 heavy (non-hydrogen) atoms. The van der Waals surface area contributed by atoms with Gasteiger partial charge in [0.15, 0.2) is 6.10 Å². The topological polar surface area (TPSA) is 144 Å². The first-order valence-electron chi connectivity index (χ1n) is 13.8. The van der Waals surface area contributed by atoms with Gasteiger partial charge in [-0.25, -0.2) is 9.59 Å². The molecule has 3 heterocycles. The number of esters is 2. The molecule has 5 aliphatic rings. The summed E-state index contributed by atoms with van der Waals surface area (Å²) in [6, 6.07) is 0. The Morgan fingerprint density at radius 2 is 1.87 bits per heavy atom. The van der Waals surface area contributed by atoms with Crippen LogP contribution in [0.5, 0.6) is 0 Å². The van der Waals surface area contributed by atoms with Crippen molar-refractivity contribution in [3.63, 3.8) is 0 Å². The Bertz CT molecular complexity index is 1060. The molecule has 10 nitrogen and oxygen atoms in total. The van der Waals surface area contributed by atoms with Crippen LogP contribution in [0.3, 0.4) is 0 Å². The summed E-state index contributed by atoms with van der Waals surface area (Å²) in [5.41, 5.74) is -1.79. The molecule has 11 atom stereocenters. The Morgan fingerprint density at radius 1 is 1.13 bits per heavy atom. The van der Waals surface area contributed by atoms with E-state index in [9.17, 15) is 24.9 Å². The van der Waals surface area contributed by atoms with Crippen LogP contribution in [-0.4, -0.2) is 95.4 Å². The van der Waals surface area contributed by atoms with E-state index in [1.54, 1.807) is 26.0 Å². The maximum Gasteiger partial charge on any atom is 0.335 e. The molecule has 0 amide bonds. The van der Waals surface area contributed by atoms with Gasteiger partial charge in [-0.1, -0.05) is 38.2 Å². The Kier molecular flexibility index (Phi) is 7.58. The fraction of sp³-hybridized carbons (Fsp3) is 0.724. The van der Waals surface area contributed by atoms with Crippen LogP contribution in [0.15, 0.2) is 36.0 Å². The number of aliphatic hydroxyl groups excluding tert-OH is 3. The Hall–Kier alpha value is -2.08. The predicted octanol–water partition coefficient (Wildman–Crippen LogP) is 1.36. The van der Waals surface area contributed by atoms with Gasteiger partial charge in [0.25, 0.3) is 0 Å². The molecule has 0 aromatic rings. The summed E-state index contributed by atoms with van der Waals surface area (Å²) in [6.07, 6.45) is 3.82. The predicted molar refractivity (Wildman–Crippen MR) is 137 cm³/mol. The summed E-state index contributed by atoms with van der Waals surface area (Å²) in [7, 11) is 0. The lowest BCUT2D eigenvalue weighted by Gasteiger charge is -2.58. The summed E-state index contributed by atoms with van der Waals surface area (Å²) >= 11 is 0. The maximum atomic E-state index is 13.1. The number of hydrogen-bond acceptors (Lipinski definition) is 10. The minimum Gasteiger partial charge on any atom is -0.463 e. The number of rotatable bonds is 1. The van der Waals surface area contributed by atoms with Crippen LogP contribution in [0.4, 0.5) is 0 Å². The van der Waals surface area contributed by atoms with Gasteiger partial charge in [0.1, 0.15) is 24.4 Å². The van der Waals surface area contributed by atoms with Gasteiger partial charge in [0.2, 0.25) is 0 Å². The summed E-state index contributed by atoms with van der Waals surface area (Å²) < 4.78 is 30.2. The minimum atomic E-state index is -1.40. The first-order chi connectivity index (χ1) is 18.4. The SMILES string of the molecule is CC1=CC2OC3CC4OC(=O)/C=C/C=C/C(C(C)O)OCCC(C)C(O)C(=O)OCC2(CC1O)C4(C)C31CO1. The summed E-state index contributed by atoms with van der Waals surface area (Å²) in [6.45, 7) is 7.58. The van der Waals surface area contributed by atoms with Crippen LogP contribution in [0.25, 0.3) is 0 Å². The van der Waals surface area contributed by atoms with Crippen LogP contribution in [-0.2, 0) is 33.3 Å². The van der Waals surface area contributed by atoms with E-state index in [2.05, 4.69) is 0 Å². The molecule has 5 rings (SSSR count). The van der Waals surface area contributed by atoms with Gasteiger partial charge in [-0.3, -0.25) is 0 Å². The fourth-order valence-corrected chi connectivity index (χ4v) is 7.05. The Balaban J connectivity index is 1.53. The van der Waals surface area contributed by atoms with Crippen molar-refractivity contribution in [2.75, 3.05) is 19.8 Å². The van der Waals surface area contributed by atoms with E-state index in [0.29, 0.717) is 19.4 Å². The van der Waals surface area contributed by atoms with E-state index in [-0.39, 0.29) is 25.7 Å². The van der Waals surface area contributed by atoms with Crippen molar-refractivity contribution in [1.82, 2.24) is 0 Å². The Morgan fingerprint density at radius 3 is 2.56 bits per heavy atom. The fourth-order valence-electron chi connectivity index (χ4n) is 7.05. The Labute approximate surface area is 228 Å². The number of carbonyl (C=O) groups is 2. The van der Waals surface area contributed by atoms with E-state index in [1.165, 1.54) is 12.2 Å². The molecule has 0 aromatic carbocycles. The number of allylic oxidation sites excluding steroid dienone is 2. The standard InChI is InChI=1S/C29H40O10/c1-16-9-10-35-20(18(3)30)7-5-6-8-24(32)39-21-12-23-29(15-37-29)27(21,4)28(14-36-26(34)25(16)33)13-19(31)17(2)11-22(28)38-23/h5-8,11,16,18-23,25,30-31,33H,9-10,12-15H2,1-4H3/b7-5+,8-6+. The third kappa shape index (κ3) is 4.59. The molecule has 11 unspecified atom stereocenters. The van der Waals surface area contributed by atoms with E-state index in [0.717, 1.165) is 5.57 Å². The highest BCUT2D eigenvalue weighted by Crippen LogP contribution is 2.72. The van der Waals surface area contributed by atoms with E-state index in [1.807, 2.05) is 19.9 Å². The second-order valence-electron chi connectivity index (χ2n) is 12.0. The number of cyclic esters (lactones) is 1.